The predicted molar refractivity (Wildman–Crippen MR) is 89.2 cm³/mol. The molecule has 21 heavy (non-hydrogen) atoms. The summed E-state index contributed by atoms with van der Waals surface area (Å²) in [6.07, 6.45) is 6.32. The van der Waals surface area contributed by atoms with Gasteiger partial charge in [-0.25, -0.2) is 0 Å². The normalized spacial score (nSPS) is 17.1. The second-order valence-corrected chi connectivity index (χ2v) is 6.19. The van der Waals surface area contributed by atoms with E-state index in [9.17, 15) is 0 Å². The van der Waals surface area contributed by atoms with Crippen molar-refractivity contribution >= 4 is 11.6 Å². The van der Waals surface area contributed by atoms with Crippen LogP contribution in [0.2, 0.25) is 5.02 Å². The van der Waals surface area contributed by atoms with Crippen molar-refractivity contribution in [2.75, 3.05) is 0 Å². The maximum atomic E-state index is 6.12. The number of hydrogen-bond acceptors (Lipinski definition) is 1. The van der Waals surface area contributed by atoms with Crippen LogP contribution in [0.1, 0.15) is 38.2 Å². The van der Waals surface area contributed by atoms with Gasteiger partial charge in [0.2, 0.25) is 0 Å². The highest BCUT2D eigenvalue weighted by Crippen LogP contribution is 2.33. The van der Waals surface area contributed by atoms with Gasteiger partial charge in [0.1, 0.15) is 5.75 Å². The van der Waals surface area contributed by atoms with Gasteiger partial charge in [0.25, 0.3) is 0 Å². The maximum Gasteiger partial charge on any atom is 0.122 e. The van der Waals surface area contributed by atoms with Gasteiger partial charge in [0, 0.05) is 5.02 Å². The van der Waals surface area contributed by atoms with Crippen LogP contribution < -0.4 is 4.74 Å². The minimum Gasteiger partial charge on any atom is -0.490 e. The van der Waals surface area contributed by atoms with Gasteiger partial charge in [-0.2, -0.15) is 0 Å². The lowest BCUT2D eigenvalue weighted by atomic mass is 9.95. The van der Waals surface area contributed by atoms with Gasteiger partial charge in [-0.3, -0.25) is 0 Å². The van der Waals surface area contributed by atoms with E-state index in [2.05, 4.69) is 37.3 Å². The van der Waals surface area contributed by atoms with Crippen LogP contribution in [-0.4, -0.2) is 6.10 Å². The molecule has 0 aromatic heterocycles. The molecule has 0 aliphatic carbocycles. The fourth-order valence-electron chi connectivity index (χ4n) is 2.90. The van der Waals surface area contributed by atoms with Crippen molar-refractivity contribution in [1.29, 1.82) is 0 Å². The Hall–Kier alpha value is -1.47. The van der Waals surface area contributed by atoms with Crippen molar-refractivity contribution in [3.63, 3.8) is 0 Å². The number of hydrogen-bond donors (Lipinski definition) is 0. The zero-order valence-corrected chi connectivity index (χ0v) is 13.2. The van der Waals surface area contributed by atoms with Gasteiger partial charge >= 0.3 is 0 Å². The van der Waals surface area contributed by atoms with Crippen molar-refractivity contribution < 1.29 is 4.74 Å². The molecule has 0 radical (unpaired) electrons. The standard InChI is InChI=1S/C19H21ClO/c1-2-3-4-18-11-7-16-13-15(8-12-19(16)21-18)14-5-9-17(20)10-6-14/h5-6,8-10,12-13,18H,2-4,7,11H2,1H3. The Balaban J connectivity index is 1.78. The van der Waals surface area contributed by atoms with Crippen LogP contribution in [-0.2, 0) is 6.42 Å². The number of benzene rings is 2. The first-order chi connectivity index (χ1) is 10.3. The topological polar surface area (TPSA) is 9.23 Å². The monoisotopic (exact) mass is 300 g/mol. The van der Waals surface area contributed by atoms with Crippen LogP contribution in [0.15, 0.2) is 42.5 Å². The number of ether oxygens (including phenoxy) is 1. The van der Waals surface area contributed by atoms with E-state index in [0.717, 1.165) is 23.6 Å². The van der Waals surface area contributed by atoms with Crippen LogP contribution in [0.4, 0.5) is 0 Å². The molecular formula is C19H21ClO. The summed E-state index contributed by atoms with van der Waals surface area (Å²) in [6, 6.07) is 14.5. The van der Waals surface area contributed by atoms with Crippen LogP contribution in [0.25, 0.3) is 11.1 Å². The molecule has 0 saturated carbocycles. The summed E-state index contributed by atoms with van der Waals surface area (Å²) in [5.74, 6) is 1.07. The highest BCUT2D eigenvalue weighted by molar-refractivity contribution is 6.30. The molecule has 2 aromatic carbocycles. The molecule has 0 amide bonds. The quantitative estimate of drug-likeness (QED) is 0.684. The molecule has 2 heteroatoms. The Kier molecular flexibility index (Phi) is 4.50. The molecule has 0 spiro atoms. The van der Waals surface area contributed by atoms with Crippen LogP contribution >= 0.6 is 11.6 Å². The van der Waals surface area contributed by atoms with Crippen molar-refractivity contribution in [2.24, 2.45) is 0 Å². The number of unbranched alkanes of at least 4 members (excludes halogenated alkanes) is 1. The minimum absolute atomic E-state index is 0.402. The van der Waals surface area contributed by atoms with Gasteiger partial charge in [-0.15, -0.1) is 0 Å². The fraction of sp³-hybridized carbons (Fsp3) is 0.368. The van der Waals surface area contributed by atoms with Crippen molar-refractivity contribution in [1.82, 2.24) is 0 Å². The van der Waals surface area contributed by atoms with Crippen LogP contribution in [0, 0.1) is 0 Å². The zero-order chi connectivity index (χ0) is 14.7. The Morgan fingerprint density at radius 2 is 1.86 bits per heavy atom. The molecule has 1 unspecified atom stereocenters. The van der Waals surface area contributed by atoms with Gasteiger partial charge in [-0.05, 0) is 60.2 Å². The summed E-state index contributed by atoms with van der Waals surface area (Å²) in [5.41, 5.74) is 3.77. The third-order valence-electron chi connectivity index (χ3n) is 4.15. The highest BCUT2D eigenvalue weighted by atomic mass is 35.5. The van der Waals surface area contributed by atoms with Crippen molar-refractivity contribution in [2.45, 2.75) is 45.1 Å². The predicted octanol–water partition coefficient (Wildman–Crippen LogP) is 5.89. The van der Waals surface area contributed by atoms with Crippen LogP contribution in [0.3, 0.4) is 0 Å². The fourth-order valence-corrected chi connectivity index (χ4v) is 3.03. The zero-order valence-electron chi connectivity index (χ0n) is 12.4. The van der Waals surface area contributed by atoms with E-state index in [1.54, 1.807) is 0 Å². The molecule has 0 saturated heterocycles. The molecule has 1 aliphatic heterocycles. The number of halogens is 1. The maximum absolute atomic E-state index is 6.12. The Morgan fingerprint density at radius 3 is 2.62 bits per heavy atom. The molecule has 1 aliphatic rings. The van der Waals surface area contributed by atoms with Gasteiger partial charge < -0.3 is 4.74 Å². The number of rotatable bonds is 4. The van der Waals surface area contributed by atoms with Crippen molar-refractivity contribution in [3.8, 4) is 16.9 Å². The van der Waals surface area contributed by atoms with Crippen molar-refractivity contribution in [3.05, 3.63) is 53.1 Å². The molecule has 0 fully saturated rings. The first-order valence-corrected chi connectivity index (χ1v) is 8.19. The number of fused-ring (bicyclic) bond motifs is 1. The van der Waals surface area contributed by atoms with Crippen LogP contribution in [0.5, 0.6) is 5.75 Å². The minimum atomic E-state index is 0.402. The summed E-state index contributed by atoms with van der Waals surface area (Å²) in [6.45, 7) is 2.23. The third kappa shape index (κ3) is 3.41. The molecule has 1 nitrogen and oxygen atoms in total. The molecule has 1 atom stereocenters. The lowest BCUT2D eigenvalue weighted by Crippen LogP contribution is -2.22. The van der Waals surface area contributed by atoms with E-state index in [1.165, 1.54) is 36.0 Å². The molecule has 2 aromatic rings. The van der Waals surface area contributed by atoms with E-state index in [1.807, 2.05) is 12.1 Å². The lowest BCUT2D eigenvalue weighted by Gasteiger charge is -2.26. The summed E-state index contributed by atoms with van der Waals surface area (Å²) < 4.78 is 6.12. The Morgan fingerprint density at radius 1 is 1.10 bits per heavy atom. The average molecular weight is 301 g/mol. The molecule has 0 bridgehead atoms. The largest absolute Gasteiger partial charge is 0.490 e. The Labute approximate surface area is 131 Å². The molecular weight excluding hydrogens is 280 g/mol. The van der Waals surface area contributed by atoms with Gasteiger partial charge in [0.15, 0.2) is 0 Å². The van der Waals surface area contributed by atoms with E-state index < -0.39 is 0 Å². The number of aryl methyl sites for hydroxylation is 1. The summed E-state index contributed by atoms with van der Waals surface area (Å²) >= 11 is 5.95. The van der Waals surface area contributed by atoms with E-state index >= 15 is 0 Å². The van der Waals surface area contributed by atoms with E-state index in [4.69, 9.17) is 16.3 Å². The van der Waals surface area contributed by atoms with Gasteiger partial charge in [-0.1, -0.05) is 49.6 Å². The average Bonchev–Trinajstić information content (AvgIpc) is 2.53. The SMILES string of the molecule is CCCCC1CCc2cc(-c3ccc(Cl)cc3)ccc2O1. The smallest absolute Gasteiger partial charge is 0.122 e. The summed E-state index contributed by atoms with van der Waals surface area (Å²) in [5, 5.41) is 0.777. The molecule has 3 rings (SSSR count). The Bertz CT molecular complexity index is 603. The molecule has 0 N–H and O–H groups in total. The summed E-state index contributed by atoms with van der Waals surface area (Å²) in [4.78, 5) is 0. The molecule has 1 heterocycles. The molecule has 110 valence electrons. The second kappa shape index (κ2) is 6.53. The van der Waals surface area contributed by atoms with E-state index in [-0.39, 0.29) is 0 Å². The van der Waals surface area contributed by atoms with Gasteiger partial charge in [0.05, 0.1) is 6.10 Å². The first kappa shape index (κ1) is 14.5. The first-order valence-electron chi connectivity index (χ1n) is 7.82. The summed E-state index contributed by atoms with van der Waals surface area (Å²) in [7, 11) is 0. The second-order valence-electron chi connectivity index (χ2n) is 5.75. The highest BCUT2D eigenvalue weighted by Gasteiger charge is 2.19. The third-order valence-corrected chi connectivity index (χ3v) is 4.40. The lowest BCUT2D eigenvalue weighted by molar-refractivity contribution is 0.161. The van der Waals surface area contributed by atoms with E-state index in [0.29, 0.717) is 6.10 Å².